The molecule has 1 saturated carbocycles. The highest BCUT2D eigenvalue weighted by Crippen LogP contribution is 2.49. The van der Waals surface area contributed by atoms with Gasteiger partial charge < -0.3 is 15.0 Å². The normalized spacial score (nSPS) is 25.3. The molecule has 2 rings (SSSR count). The minimum atomic E-state index is -0.326. The number of rotatable bonds is 7. The highest BCUT2D eigenvalue weighted by molar-refractivity contribution is 5.89. The number of nitrogens with zero attached hydrogens (tertiary/aromatic N) is 1. The van der Waals surface area contributed by atoms with Crippen molar-refractivity contribution < 1.29 is 14.3 Å². The summed E-state index contributed by atoms with van der Waals surface area (Å²) in [5, 5.41) is 2.85. The Morgan fingerprint density at radius 2 is 2.15 bits per heavy atom. The van der Waals surface area contributed by atoms with Crippen LogP contribution in [0.3, 0.4) is 0 Å². The van der Waals surface area contributed by atoms with Crippen molar-refractivity contribution in [1.82, 2.24) is 10.2 Å². The second-order valence-electron chi connectivity index (χ2n) is 6.16. The quantitative estimate of drug-likeness (QED) is 0.766. The van der Waals surface area contributed by atoms with Crippen LogP contribution >= 0.6 is 0 Å². The summed E-state index contributed by atoms with van der Waals surface area (Å²) in [5.41, 5.74) is 0.246. The minimum Gasteiger partial charge on any atom is -0.385 e. The van der Waals surface area contributed by atoms with Crippen LogP contribution < -0.4 is 5.32 Å². The number of nitrogens with one attached hydrogen (secondary N) is 1. The molecule has 2 aliphatic rings. The van der Waals surface area contributed by atoms with E-state index in [1.807, 2.05) is 11.8 Å². The summed E-state index contributed by atoms with van der Waals surface area (Å²) in [5.74, 6) is 0.0995. The van der Waals surface area contributed by atoms with E-state index in [0.717, 1.165) is 32.4 Å². The maximum atomic E-state index is 12.5. The number of hydrogen-bond donors (Lipinski definition) is 1. The van der Waals surface area contributed by atoms with Crippen LogP contribution in [0.2, 0.25) is 0 Å². The predicted molar refractivity (Wildman–Crippen MR) is 76.2 cm³/mol. The topological polar surface area (TPSA) is 58.6 Å². The molecule has 114 valence electrons. The first-order valence-corrected chi connectivity index (χ1v) is 7.67. The van der Waals surface area contributed by atoms with Gasteiger partial charge in [0.2, 0.25) is 11.8 Å². The highest BCUT2D eigenvalue weighted by atomic mass is 16.5. The second kappa shape index (κ2) is 6.57. The van der Waals surface area contributed by atoms with E-state index in [9.17, 15) is 9.59 Å². The van der Waals surface area contributed by atoms with Gasteiger partial charge in [0.15, 0.2) is 0 Å². The van der Waals surface area contributed by atoms with Gasteiger partial charge in [0.1, 0.15) is 6.04 Å². The van der Waals surface area contributed by atoms with E-state index in [0.29, 0.717) is 13.0 Å². The van der Waals surface area contributed by atoms with Crippen LogP contribution in [0, 0.1) is 5.41 Å². The van der Waals surface area contributed by atoms with Gasteiger partial charge >= 0.3 is 0 Å². The van der Waals surface area contributed by atoms with Crippen molar-refractivity contribution in [2.24, 2.45) is 5.41 Å². The molecule has 0 radical (unpaired) electrons. The van der Waals surface area contributed by atoms with Crippen LogP contribution in [0.5, 0.6) is 0 Å². The summed E-state index contributed by atoms with van der Waals surface area (Å²) >= 11 is 0. The lowest BCUT2D eigenvalue weighted by Gasteiger charge is -2.28. The Labute approximate surface area is 121 Å². The molecule has 1 aliphatic carbocycles. The van der Waals surface area contributed by atoms with E-state index < -0.39 is 0 Å². The van der Waals surface area contributed by atoms with Crippen LogP contribution in [0.25, 0.3) is 0 Å². The third kappa shape index (κ3) is 3.72. The Balaban J connectivity index is 1.98. The van der Waals surface area contributed by atoms with Gasteiger partial charge in [0, 0.05) is 33.2 Å². The van der Waals surface area contributed by atoms with Gasteiger partial charge in [0.05, 0.1) is 0 Å². The molecule has 0 aromatic carbocycles. The van der Waals surface area contributed by atoms with Crippen molar-refractivity contribution in [3.63, 3.8) is 0 Å². The Bertz CT molecular complexity index is 366. The molecule has 20 heavy (non-hydrogen) atoms. The molecule has 1 unspecified atom stereocenters. The molecule has 5 heteroatoms. The summed E-state index contributed by atoms with van der Waals surface area (Å²) in [6.07, 6.45) is 5.39. The molecule has 0 aromatic heterocycles. The third-order valence-electron chi connectivity index (χ3n) is 4.45. The van der Waals surface area contributed by atoms with Crippen LogP contribution in [0.1, 0.15) is 45.4 Å². The second-order valence-corrected chi connectivity index (χ2v) is 6.16. The monoisotopic (exact) mass is 282 g/mol. The van der Waals surface area contributed by atoms with Gasteiger partial charge in [0.25, 0.3) is 0 Å². The first-order chi connectivity index (χ1) is 9.60. The summed E-state index contributed by atoms with van der Waals surface area (Å²) in [6.45, 7) is 4.12. The summed E-state index contributed by atoms with van der Waals surface area (Å²) in [4.78, 5) is 26.1. The fourth-order valence-corrected chi connectivity index (χ4v) is 2.92. The Kier molecular flexibility index (Phi) is 5.02. The molecule has 0 aromatic rings. The third-order valence-corrected chi connectivity index (χ3v) is 4.45. The molecule has 1 N–H and O–H groups in total. The maximum Gasteiger partial charge on any atom is 0.245 e. The number of ether oxygens (including phenoxy) is 1. The van der Waals surface area contributed by atoms with Gasteiger partial charge in [-0.1, -0.05) is 13.3 Å². The van der Waals surface area contributed by atoms with Gasteiger partial charge in [-0.3, -0.25) is 9.59 Å². The average Bonchev–Trinajstić information content (AvgIpc) is 3.21. The molecule has 1 heterocycles. The number of carbonyl (C=O) groups excluding carboxylic acids is 2. The zero-order chi connectivity index (χ0) is 14.6. The molecule has 0 bridgehead atoms. The number of hydrogen-bond acceptors (Lipinski definition) is 3. The SMILES string of the molecule is CCCC1NC(=O)CCN(CC2(CCOC)CC2)C1=O. The molecule has 5 nitrogen and oxygen atoms in total. The lowest BCUT2D eigenvalue weighted by Crippen LogP contribution is -2.46. The van der Waals surface area contributed by atoms with Crippen LogP contribution in [0.4, 0.5) is 0 Å². The van der Waals surface area contributed by atoms with Crippen molar-refractivity contribution >= 4 is 11.8 Å². The molecular formula is C15H26N2O3. The predicted octanol–water partition coefficient (Wildman–Crippen LogP) is 1.32. The van der Waals surface area contributed by atoms with E-state index in [4.69, 9.17) is 4.74 Å². The van der Waals surface area contributed by atoms with E-state index in [-0.39, 0.29) is 23.3 Å². The average molecular weight is 282 g/mol. The van der Waals surface area contributed by atoms with E-state index in [1.165, 1.54) is 12.8 Å². The summed E-state index contributed by atoms with van der Waals surface area (Å²) in [7, 11) is 1.72. The molecule has 0 spiro atoms. The molecule has 1 saturated heterocycles. The van der Waals surface area contributed by atoms with Crippen molar-refractivity contribution in [2.75, 3.05) is 26.8 Å². The summed E-state index contributed by atoms with van der Waals surface area (Å²) < 4.78 is 5.17. The standard InChI is InChI=1S/C15H26N2O3/c1-3-4-12-14(19)17(9-5-13(18)16-12)11-15(6-7-15)8-10-20-2/h12H,3-11H2,1-2H3,(H,16,18). The first kappa shape index (κ1) is 15.3. The molecular weight excluding hydrogens is 256 g/mol. The largest absolute Gasteiger partial charge is 0.385 e. The fourth-order valence-electron chi connectivity index (χ4n) is 2.92. The number of amides is 2. The zero-order valence-electron chi connectivity index (χ0n) is 12.6. The lowest BCUT2D eigenvalue weighted by molar-refractivity contribution is -0.134. The molecule has 2 fully saturated rings. The Morgan fingerprint density at radius 3 is 2.75 bits per heavy atom. The van der Waals surface area contributed by atoms with Crippen molar-refractivity contribution in [1.29, 1.82) is 0 Å². The highest BCUT2D eigenvalue weighted by Gasteiger charge is 2.45. The van der Waals surface area contributed by atoms with E-state index in [1.54, 1.807) is 7.11 Å². The lowest BCUT2D eigenvalue weighted by atomic mass is 10.0. The van der Waals surface area contributed by atoms with Gasteiger partial charge in [-0.25, -0.2) is 0 Å². The van der Waals surface area contributed by atoms with E-state index in [2.05, 4.69) is 5.32 Å². The van der Waals surface area contributed by atoms with Crippen LogP contribution in [-0.4, -0.2) is 49.6 Å². The Hall–Kier alpha value is -1.10. The minimum absolute atomic E-state index is 0.000962. The smallest absolute Gasteiger partial charge is 0.245 e. The molecule has 1 aliphatic heterocycles. The van der Waals surface area contributed by atoms with Crippen LogP contribution in [-0.2, 0) is 14.3 Å². The van der Waals surface area contributed by atoms with Gasteiger partial charge in [-0.05, 0) is 31.1 Å². The van der Waals surface area contributed by atoms with Crippen molar-refractivity contribution in [2.45, 2.75) is 51.5 Å². The van der Waals surface area contributed by atoms with Gasteiger partial charge in [-0.15, -0.1) is 0 Å². The zero-order valence-corrected chi connectivity index (χ0v) is 12.6. The maximum absolute atomic E-state index is 12.5. The van der Waals surface area contributed by atoms with Crippen LogP contribution in [0.15, 0.2) is 0 Å². The van der Waals surface area contributed by atoms with E-state index >= 15 is 0 Å². The number of carbonyl (C=O) groups is 2. The fraction of sp³-hybridized carbons (Fsp3) is 0.867. The van der Waals surface area contributed by atoms with Gasteiger partial charge in [-0.2, -0.15) is 0 Å². The first-order valence-electron chi connectivity index (χ1n) is 7.67. The number of methoxy groups -OCH3 is 1. The van der Waals surface area contributed by atoms with Crippen molar-refractivity contribution in [3.05, 3.63) is 0 Å². The molecule has 2 amide bonds. The summed E-state index contributed by atoms with van der Waals surface area (Å²) in [6, 6.07) is -0.326. The Morgan fingerprint density at radius 1 is 1.40 bits per heavy atom. The van der Waals surface area contributed by atoms with Crippen molar-refractivity contribution in [3.8, 4) is 0 Å². The molecule has 1 atom stereocenters.